The fraction of sp³-hybridized carbons (Fsp3) is 0.733. The molecule has 4 saturated heterocycles. The molecule has 20 atom stereocenters. The maximum Gasteiger partial charge on any atom is 0.338 e. The molecular weight excluding hydrogens is 1590 g/mol. The highest BCUT2D eigenvalue weighted by molar-refractivity contribution is 5.92. The van der Waals surface area contributed by atoms with Gasteiger partial charge in [-0.1, -0.05) is 113 Å². The van der Waals surface area contributed by atoms with Crippen LogP contribution < -0.4 is 52.0 Å². The van der Waals surface area contributed by atoms with Gasteiger partial charge in [0.15, 0.2) is 38.4 Å². The molecule has 2 aromatic carbocycles. The number of esters is 1. The van der Waals surface area contributed by atoms with E-state index >= 15 is 0 Å². The molecular formula is C86H138N10O26. The number of nitrogens with zero attached hydrogens (tertiary/aromatic N) is 2. The van der Waals surface area contributed by atoms with Gasteiger partial charge >= 0.3 is 5.97 Å². The van der Waals surface area contributed by atoms with Gasteiger partial charge in [-0.3, -0.25) is 47.9 Å². The predicted octanol–water partition coefficient (Wildman–Crippen LogP) is 3.70. The molecule has 8 N–H and O–H groups in total. The Morgan fingerprint density at radius 1 is 0.352 bits per heavy atom. The van der Waals surface area contributed by atoms with Crippen LogP contribution in [0, 0.1) is 47.3 Å². The van der Waals surface area contributed by atoms with E-state index in [1.807, 2.05) is 55.4 Å². The van der Waals surface area contributed by atoms with Crippen molar-refractivity contribution in [3.05, 3.63) is 59.7 Å². The summed E-state index contributed by atoms with van der Waals surface area (Å²) in [6.07, 6.45) is -0.158. The lowest BCUT2D eigenvalue weighted by molar-refractivity contribution is -0.239. The van der Waals surface area contributed by atoms with Gasteiger partial charge in [0.2, 0.25) is 47.3 Å². The Labute approximate surface area is 718 Å². The fourth-order valence-electron chi connectivity index (χ4n) is 15.2. The van der Waals surface area contributed by atoms with Crippen LogP contribution in [-0.2, 0) is 116 Å². The van der Waals surface area contributed by atoms with Crippen molar-refractivity contribution in [1.82, 2.24) is 52.3 Å². The quantitative estimate of drug-likeness (QED) is 0.0346. The van der Waals surface area contributed by atoms with Crippen LogP contribution in [0.2, 0.25) is 0 Å². The Hall–Kier alpha value is -8.27. The average Bonchev–Trinajstić information content (AvgIpc) is 0.817. The number of benzene rings is 2. The van der Waals surface area contributed by atoms with Crippen molar-refractivity contribution in [1.29, 1.82) is 0 Å². The van der Waals surface area contributed by atoms with Gasteiger partial charge < -0.3 is 123 Å². The number of hydrogen-bond acceptors (Lipinski definition) is 26. The molecule has 2 aromatic rings. The van der Waals surface area contributed by atoms with Crippen LogP contribution in [0.5, 0.6) is 11.5 Å². The van der Waals surface area contributed by atoms with Gasteiger partial charge in [-0.15, -0.1) is 0 Å². The standard InChI is InChI=1S/C86H138N10O26/c1-17-68-52(5)56(9)78(91-60(13)97)83(119-68)112-38-34-108-30-26-87-72(101)45-95(46-73(102)88-27-31-109-35-39-113-84-79(92-61(14)98)57(10)53(6)69(18-2)120-84)76(105)50-116-66-42-65(82(107)118-49-64-24-22-21-23-25-64)43-67(44-66)117-51-77(106)96(47-74(103)89-28-32-110-36-40-114-85-80(93-62(15)99)58(11)54(7)70(19-3)121-85)48-75(104)90-29-33-111-37-41-115-86-81(94-63(16)100)59(12)55(8)71(20-4)122-86/h21-25,42-44,52-59,68-71,78-81,83-86H,17-20,26-41,45-51H2,1-16H3,(H,87,101)(H,88,102)(H,89,103)(H,90,104)(H,91,97)(H,92,98)(H,93,99)(H,94,100). The Kier molecular flexibility index (Phi) is 45.8. The van der Waals surface area contributed by atoms with E-state index in [-0.39, 0.29) is 249 Å². The van der Waals surface area contributed by atoms with Gasteiger partial charge in [0.05, 0.1) is 133 Å². The van der Waals surface area contributed by atoms with Crippen molar-refractivity contribution in [2.24, 2.45) is 47.3 Å². The van der Waals surface area contributed by atoms with Crippen LogP contribution in [0.1, 0.15) is 152 Å². The SMILES string of the molecule is CCC1OC(OCCOCCNC(=O)CN(CC(=O)NCCOCCOC2OC(CC)C(C)C(C)C2NC(C)=O)C(=O)COc2cc(OCC(=O)N(CC(=O)NCCOCCOC3OC(CC)C(C)C(C)C3NC(C)=O)CC(=O)NCCOCCOC3OC(CC)C(C)C(C)C3NC(C)=O)cc(C(=O)OCc3ccccc3)c2)C(NC(C)=O)C(C)C1C. The van der Waals surface area contributed by atoms with Crippen LogP contribution in [-0.4, -0.2) is 293 Å². The van der Waals surface area contributed by atoms with Crippen molar-refractivity contribution >= 4 is 65.0 Å². The topological polar surface area (TPSA) is 429 Å². The van der Waals surface area contributed by atoms with Crippen LogP contribution >= 0.6 is 0 Å². The minimum absolute atomic E-state index is 0.0127. The van der Waals surface area contributed by atoms with E-state index < -0.39 is 106 Å². The molecule has 20 unspecified atom stereocenters. The number of ether oxygens (including phenoxy) is 15. The first kappa shape index (κ1) is 103. The third kappa shape index (κ3) is 34.7. The van der Waals surface area contributed by atoms with Gasteiger partial charge in [-0.05, 0) is 90.7 Å². The Bertz CT molecular complexity index is 3220. The molecule has 0 bridgehead atoms. The molecule has 0 aliphatic carbocycles. The van der Waals surface area contributed by atoms with Crippen molar-refractivity contribution in [3.8, 4) is 11.5 Å². The summed E-state index contributed by atoms with van der Waals surface area (Å²) in [5, 5.41) is 22.7. The molecule has 10 amide bonds. The first-order valence-corrected chi connectivity index (χ1v) is 43.1. The summed E-state index contributed by atoms with van der Waals surface area (Å²) < 4.78 is 90.1. The van der Waals surface area contributed by atoms with E-state index in [0.717, 1.165) is 35.5 Å². The van der Waals surface area contributed by atoms with Gasteiger partial charge in [-0.2, -0.15) is 0 Å². The molecule has 0 aromatic heterocycles. The second-order valence-corrected chi connectivity index (χ2v) is 31.7. The van der Waals surface area contributed by atoms with Crippen LogP contribution in [0.4, 0.5) is 0 Å². The molecule has 36 nitrogen and oxygen atoms in total. The number of nitrogens with one attached hydrogen (secondary N) is 8. The first-order chi connectivity index (χ1) is 58.4. The van der Waals surface area contributed by atoms with Crippen LogP contribution in [0.25, 0.3) is 0 Å². The summed E-state index contributed by atoms with van der Waals surface area (Å²) in [4.78, 5) is 148. The largest absolute Gasteiger partial charge is 0.484 e. The minimum Gasteiger partial charge on any atom is -0.484 e. The van der Waals surface area contributed by atoms with Crippen LogP contribution in [0.15, 0.2) is 48.5 Å². The maximum absolute atomic E-state index is 14.4. The van der Waals surface area contributed by atoms with E-state index in [2.05, 4.69) is 70.2 Å². The molecule has 4 fully saturated rings. The summed E-state index contributed by atoms with van der Waals surface area (Å²) in [6, 6.07) is 11.1. The molecule has 0 saturated carbocycles. The van der Waals surface area contributed by atoms with E-state index in [4.69, 9.17) is 71.1 Å². The minimum atomic E-state index is -0.870. The zero-order valence-corrected chi connectivity index (χ0v) is 74.3. The van der Waals surface area contributed by atoms with Gasteiger partial charge in [0.1, 0.15) is 44.3 Å². The number of carbonyl (C=O) groups excluding carboxylic acids is 11. The second kappa shape index (κ2) is 54.5. The summed E-state index contributed by atoms with van der Waals surface area (Å²) in [7, 11) is 0. The normalized spacial score (nSPS) is 26.3. The molecule has 6 rings (SSSR count). The zero-order valence-electron chi connectivity index (χ0n) is 74.3. The van der Waals surface area contributed by atoms with E-state index in [0.29, 0.717) is 5.56 Å². The molecule has 4 aliphatic heterocycles. The van der Waals surface area contributed by atoms with Gasteiger partial charge in [-0.25, -0.2) is 4.79 Å². The number of carbonyl (C=O) groups is 11. The molecule has 36 heteroatoms. The lowest BCUT2D eigenvalue weighted by Crippen LogP contribution is -2.57. The smallest absolute Gasteiger partial charge is 0.338 e. The third-order valence-corrected chi connectivity index (χ3v) is 22.8. The second-order valence-electron chi connectivity index (χ2n) is 31.7. The molecule has 0 spiro atoms. The molecule has 0 radical (unpaired) electrons. The van der Waals surface area contributed by atoms with Gasteiger partial charge in [0.25, 0.3) is 11.8 Å². The molecule has 4 aliphatic rings. The number of hydrogen-bond donors (Lipinski definition) is 8. The molecule has 122 heavy (non-hydrogen) atoms. The lowest BCUT2D eigenvalue weighted by Gasteiger charge is -2.44. The predicted molar refractivity (Wildman–Crippen MR) is 445 cm³/mol. The highest BCUT2D eigenvalue weighted by Gasteiger charge is 2.46. The Balaban J connectivity index is 1.12. The van der Waals surface area contributed by atoms with E-state index in [9.17, 15) is 52.7 Å². The highest BCUT2D eigenvalue weighted by Crippen LogP contribution is 2.37. The molecule has 4 heterocycles. The average molecular weight is 1730 g/mol. The monoisotopic (exact) mass is 1730 g/mol. The van der Waals surface area contributed by atoms with E-state index in [1.54, 1.807) is 30.3 Å². The Morgan fingerprint density at radius 2 is 0.623 bits per heavy atom. The first-order valence-electron chi connectivity index (χ1n) is 43.1. The number of rotatable bonds is 53. The van der Waals surface area contributed by atoms with E-state index in [1.165, 1.54) is 45.9 Å². The summed E-state index contributed by atoms with van der Waals surface area (Å²) in [6.45, 7) is 26.9. The fourth-order valence-corrected chi connectivity index (χ4v) is 15.2. The van der Waals surface area contributed by atoms with Gasteiger partial charge in [0, 0.05) is 59.9 Å². The van der Waals surface area contributed by atoms with Crippen molar-refractivity contribution in [3.63, 3.8) is 0 Å². The zero-order chi connectivity index (χ0) is 89.4. The third-order valence-electron chi connectivity index (χ3n) is 22.8. The molecule has 688 valence electrons. The summed E-state index contributed by atoms with van der Waals surface area (Å²) in [5.41, 5.74) is 0.499. The number of amides is 10. The Morgan fingerprint density at radius 3 is 0.877 bits per heavy atom. The maximum atomic E-state index is 14.4. The van der Waals surface area contributed by atoms with Crippen molar-refractivity contribution in [2.75, 3.05) is 145 Å². The highest BCUT2D eigenvalue weighted by atomic mass is 16.7. The summed E-state index contributed by atoms with van der Waals surface area (Å²) >= 11 is 0. The summed E-state index contributed by atoms with van der Waals surface area (Å²) in [5.74, 6) is -5.52. The van der Waals surface area contributed by atoms with Crippen LogP contribution in [0.3, 0.4) is 0 Å². The lowest BCUT2D eigenvalue weighted by atomic mass is 9.81. The van der Waals surface area contributed by atoms with Crippen molar-refractivity contribution < 1.29 is 124 Å². The van der Waals surface area contributed by atoms with Crippen molar-refractivity contribution in [2.45, 2.75) is 217 Å².